The van der Waals surface area contributed by atoms with E-state index in [0.29, 0.717) is 23.2 Å². The number of fused-ring (bicyclic) bond motifs is 1. The molecule has 0 atom stereocenters. The molecule has 0 saturated heterocycles. The molecular formula is C18H16N8O2. The van der Waals surface area contributed by atoms with E-state index in [1.54, 1.807) is 16.6 Å². The number of amides is 2. The van der Waals surface area contributed by atoms with Gasteiger partial charge in [0.25, 0.3) is 0 Å². The molecule has 0 radical (unpaired) electrons. The van der Waals surface area contributed by atoms with Crippen molar-refractivity contribution in [3.8, 4) is 17.0 Å². The maximum Gasteiger partial charge on any atom is 0.324 e. The van der Waals surface area contributed by atoms with E-state index in [2.05, 4.69) is 30.7 Å². The molecule has 10 heteroatoms. The number of methoxy groups -OCH3 is 1. The molecule has 0 unspecified atom stereocenters. The van der Waals surface area contributed by atoms with Gasteiger partial charge in [0, 0.05) is 23.5 Å². The number of urea groups is 1. The van der Waals surface area contributed by atoms with E-state index in [1.165, 1.54) is 25.8 Å². The highest BCUT2D eigenvalue weighted by atomic mass is 16.5. The van der Waals surface area contributed by atoms with Gasteiger partial charge in [0.05, 0.1) is 7.11 Å². The standard InChI is InChI=1S/C18H16N8O2/c1-28-15-8-14(20-9-21-15)25-18(27)24-12-4-2-11(3-5-12)13-6-7-26-16(13)17(19)22-10-23-26/h2-10H,1H3,(H2,19,22,23)(H2,20,21,24,25,27). The Hall–Kier alpha value is -4.21. The van der Waals surface area contributed by atoms with E-state index < -0.39 is 6.03 Å². The first-order chi connectivity index (χ1) is 13.6. The monoisotopic (exact) mass is 376 g/mol. The molecule has 1 aromatic carbocycles. The fourth-order valence-corrected chi connectivity index (χ4v) is 2.74. The van der Waals surface area contributed by atoms with Crippen LogP contribution in [0.2, 0.25) is 0 Å². The summed E-state index contributed by atoms with van der Waals surface area (Å²) in [5.74, 6) is 1.09. The zero-order valence-electron chi connectivity index (χ0n) is 14.8. The lowest BCUT2D eigenvalue weighted by atomic mass is 10.1. The van der Waals surface area contributed by atoms with Crippen molar-refractivity contribution in [1.29, 1.82) is 0 Å². The SMILES string of the molecule is COc1cc(NC(=O)Nc2ccc(-c3ccn4ncnc(N)c34)cc2)ncn1. The van der Waals surface area contributed by atoms with Gasteiger partial charge in [-0.1, -0.05) is 12.1 Å². The molecule has 4 rings (SSSR count). The summed E-state index contributed by atoms with van der Waals surface area (Å²) >= 11 is 0. The Balaban J connectivity index is 1.49. The zero-order chi connectivity index (χ0) is 19.5. The van der Waals surface area contributed by atoms with Crippen LogP contribution in [-0.2, 0) is 0 Å². The van der Waals surface area contributed by atoms with Gasteiger partial charge in [0.2, 0.25) is 5.88 Å². The zero-order valence-corrected chi connectivity index (χ0v) is 14.8. The van der Waals surface area contributed by atoms with Gasteiger partial charge in [-0.3, -0.25) is 5.32 Å². The van der Waals surface area contributed by atoms with E-state index in [9.17, 15) is 4.79 Å². The second-order valence-corrected chi connectivity index (χ2v) is 5.77. The van der Waals surface area contributed by atoms with E-state index in [1.807, 2.05) is 24.4 Å². The number of nitrogen functional groups attached to an aromatic ring is 1. The second-order valence-electron chi connectivity index (χ2n) is 5.77. The van der Waals surface area contributed by atoms with Crippen LogP contribution >= 0.6 is 0 Å². The summed E-state index contributed by atoms with van der Waals surface area (Å²) in [6.07, 6.45) is 4.53. The first-order valence-corrected chi connectivity index (χ1v) is 8.26. The van der Waals surface area contributed by atoms with Gasteiger partial charge in [-0.25, -0.2) is 24.3 Å². The summed E-state index contributed by atoms with van der Waals surface area (Å²) < 4.78 is 6.67. The van der Waals surface area contributed by atoms with Crippen LogP contribution in [0.5, 0.6) is 5.88 Å². The molecule has 0 aliphatic carbocycles. The number of ether oxygens (including phenoxy) is 1. The molecule has 2 amide bonds. The summed E-state index contributed by atoms with van der Waals surface area (Å²) in [5.41, 5.74) is 9.16. The molecule has 0 aliphatic heterocycles. The Morgan fingerprint density at radius 2 is 1.89 bits per heavy atom. The number of nitrogens with two attached hydrogens (primary N) is 1. The third-order valence-corrected chi connectivity index (χ3v) is 4.03. The minimum Gasteiger partial charge on any atom is -0.481 e. The summed E-state index contributed by atoms with van der Waals surface area (Å²) in [6.45, 7) is 0. The first-order valence-electron chi connectivity index (χ1n) is 8.26. The van der Waals surface area contributed by atoms with Gasteiger partial charge in [-0.15, -0.1) is 0 Å². The largest absolute Gasteiger partial charge is 0.481 e. The smallest absolute Gasteiger partial charge is 0.324 e. The minimum atomic E-state index is -0.430. The van der Waals surface area contributed by atoms with Crippen molar-refractivity contribution in [1.82, 2.24) is 24.6 Å². The molecule has 3 heterocycles. The summed E-state index contributed by atoms with van der Waals surface area (Å²) in [5, 5.41) is 9.50. The van der Waals surface area contributed by atoms with Gasteiger partial charge in [0.15, 0.2) is 5.82 Å². The average Bonchev–Trinajstić information content (AvgIpc) is 3.14. The Kier molecular flexibility index (Phi) is 4.42. The lowest BCUT2D eigenvalue weighted by Crippen LogP contribution is -2.20. The van der Waals surface area contributed by atoms with E-state index >= 15 is 0 Å². The fourth-order valence-electron chi connectivity index (χ4n) is 2.74. The number of carbonyl (C=O) groups excluding carboxylic acids is 1. The van der Waals surface area contributed by atoms with E-state index in [4.69, 9.17) is 10.5 Å². The third kappa shape index (κ3) is 3.38. The molecule has 0 aliphatic rings. The Labute approximate surface area is 159 Å². The molecule has 28 heavy (non-hydrogen) atoms. The fraction of sp³-hybridized carbons (Fsp3) is 0.0556. The predicted molar refractivity (Wildman–Crippen MR) is 104 cm³/mol. The predicted octanol–water partition coefficient (Wildman–Crippen LogP) is 2.42. The van der Waals surface area contributed by atoms with Gasteiger partial charge in [-0.05, 0) is 23.8 Å². The van der Waals surface area contributed by atoms with Crippen LogP contribution in [0.15, 0.2) is 55.2 Å². The Morgan fingerprint density at radius 1 is 1.07 bits per heavy atom. The highest BCUT2D eigenvalue weighted by Crippen LogP contribution is 2.28. The highest BCUT2D eigenvalue weighted by molar-refractivity contribution is 5.99. The van der Waals surface area contributed by atoms with Crippen molar-refractivity contribution in [3.05, 3.63) is 55.2 Å². The van der Waals surface area contributed by atoms with Crippen LogP contribution in [0.4, 0.5) is 22.1 Å². The Bertz CT molecular complexity index is 1140. The van der Waals surface area contributed by atoms with Crippen LogP contribution in [0.25, 0.3) is 16.6 Å². The highest BCUT2D eigenvalue weighted by Gasteiger charge is 2.10. The average molecular weight is 376 g/mol. The number of rotatable bonds is 4. The normalized spacial score (nSPS) is 10.6. The van der Waals surface area contributed by atoms with Crippen LogP contribution in [0.3, 0.4) is 0 Å². The van der Waals surface area contributed by atoms with Crippen molar-refractivity contribution in [2.45, 2.75) is 0 Å². The third-order valence-electron chi connectivity index (χ3n) is 4.03. The van der Waals surface area contributed by atoms with Crippen molar-refractivity contribution < 1.29 is 9.53 Å². The molecule has 0 fully saturated rings. The van der Waals surface area contributed by atoms with Gasteiger partial charge >= 0.3 is 6.03 Å². The number of benzene rings is 1. The van der Waals surface area contributed by atoms with Crippen LogP contribution in [0, 0.1) is 0 Å². The number of nitrogens with one attached hydrogen (secondary N) is 2. The summed E-state index contributed by atoms with van der Waals surface area (Å²) in [6, 6.07) is 10.3. The van der Waals surface area contributed by atoms with Gasteiger partial charge in [0.1, 0.15) is 24.0 Å². The Morgan fingerprint density at radius 3 is 2.68 bits per heavy atom. The van der Waals surface area contributed by atoms with Crippen LogP contribution in [-0.4, -0.2) is 37.7 Å². The van der Waals surface area contributed by atoms with Gasteiger partial charge < -0.3 is 15.8 Å². The number of hydrogen-bond acceptors (Lipinski definition) is 7. The number of hydrogen-bond donors (Lipinski definition) is 3. The molecule has 4 N–H and O–H groups in total. The number of aromatic nitrogens is 5. The van der Waals surface area contributed by atoms with E-state index in [0.717, 1.165) is 16.6 Å². The maximum atomic E-state index is 12.2. The van der Waals surface area contributed by atoms with Crippen molar-refractivity contribution in [2.24, 2.45) is 0 Å². The topological polar surface area (TPSA) is 132 Å². The lowest BCUT2D eigenvalue weighted by Gasteiger charge is -2.08. The quantitative estimate of drug-likeness (QED) is 0.498. The van der Waals surface area contributed by atoms with Crippen LogP contribution < -0.4 is 21.1 Å². The van der Waals surface area contributed by atoms with Crippen molar-refractivity contribution in [3.63, 3.8) is 0 Å². The van der Waals surface area contributed by atoms with Crippen molar-refractivity contribution in [2.75, 3.05) is 23.5 Å². The van der Waals surface area contributed by atoms with Gasteiger partial charge in [-0.2, -0.15) is 5.10 Å². The summed E-state index contributed by atoms with van der Waals surface area (Å²) in [7, 11) is 1.49. The molecule has 0 spiro atoms. The molecule has 140 valence electrons. The first kappa shape index (κ1) is 17.2. The second kappa shape index (κ2) is 7.19. The minimum absolute atomic E-state index is 0.330. The number of anilines is 3. The van der Waals surface area contributed by atoms with Crippen LogP contribution in [0.1, 0.15) is 0 Å². The molecular weight excluding hydrogens is 360 g/mol. The van der Waals surface area contributed by atoms with Crippen molar-refractivity contribution >= 4 is 28.9 Å². The lowest BCUT2D eigenvalue weighted by molar-refractivity contribution is 0.262. The van der Waals surface area contributed by atoms with E-state index in [-0.39, 0.29) is 0 Å². The molecule has 10 nitrogen and oxygen atoms in total. The maximum absolute atomic E-state index is 12.2. The molecule has 4 aromatic rings. The summed E-state index contributed by atoms with van der Waals surface area (Å²) in [4.78, 5) is 24.0. The molecule has 0 saturated carbocycles. The number of carbonyl (C=O) groups is 1. The number of nitrogens with zero attached hydrogens (tertiary/aromatic N) is 5. The molecule has 3 aromatic heterocycles. The molecule has 0 bridgehead atoms.